The Morgan fingerprint density at radius 1 is 1.30 bits per heavy atom. The quantitative estimate of drug-likeness (QED) is 0.367. The lowest BCUT2D eigenvalue weighted by Gasteiger charge is -2.04. The number of fused-ring (bicyclic) bond motifs is 1. The van der Waals surface area contributed by atoms with Crippen molar-refractivity contribution in [2.45, 2.75) is 18.5 Å². The van der Waals surface area contributed by atoms with Gasteiger partial charge in [-0.1, -0.05) is 43.0 Å². The standard InChI is InChI=1S/C20H22N4O2S/c1-3-11-26-16-8-6-7-15(12-16)13-21-23-19(25)14-27-20-22-17-9-4-5-10-18(17)24(20)2/h4-10,12-13H,3,11,14H2,1-2H3,(H,23,25)/b21-13-. The molecule has 3 aromatic rings. The lowest BCUT2D eigenvalue weighted by Crippen LogP contribution is -2.19. The zero-order valence-electron chi connectivity index (χ0n) is 15.4. The van der Waals surface area contributed by atoms with E-state index >= 15 is 0 Å². The van der Waals surface area contributed by atoms with E-state index in [2.05, 4.69) is 22.4 Å². The van der Waals surface area contributed by atoms with Gasteiger partial charge >= 0.3 is 0 Å². The number of amides is 1. The number of benzene rings is 2. The molecule has 1 amide bonds. The van der Waals surface area contributed by atoms with E-state index in [1.54, 1.807) is 6.21 Å². The summed E-state index contributed by atoms with van der Waals surface area (Å²) in [6, 6.07) is 15.5. The first-order chi connectivity index (χ1) is 13.2. The first kappa shape index (κ1) is 19.0. The van der Waals surface area contributed by atoms with Crippen molar-refractivity contribution in [1.82, 2.24) is 15.0 Å². The van der Waals surface area contributed by atoms with Gasteiger partial charge in [-0.2, -0.15) is 5.10 Å². The summed E-state index contributed by atoms with van der Waals surface area (Å²) in [7, 11) is 1.95. The van der Waals surface area contributed by atoms with Crippen LogP contribution in [0.5, 0.6) is 5.75 Å². The number of aryl methyl sites for hydroxylation is 1. The van der Waals surface area contributed by atoms with Gasteiger partial charge in [0, 0.05) is 7.05 Å². The molecule has 0 aliphatic rings. The van der Waals surface area contributed by atoms with Gasteiger partial charge in [0.05, 0.1) is 29.6 Å². The van der Waals surface area contributed by atoms with Gasteiger partial charge in [-0.05, 0) is 36.2 Å². The van der Waals surface area contributed by atoms with Crippen molar-refractivity contribution in [2.75, 3.05) is 12.4 Å². The molecule has 0 saturated carbocycles. The second kappa shape index (κ2) is 9.23. The highest BCUT2D eigenvalue weighted by Gasteiger charge is 2.09. The van der Waals surface area contributed by atoms with Gasteiger partial charge in [0.2, 0.25) is 0 Å². The van der Waals surface area contributed by atoms with Crippen LogP contribution in [0.3, 0.4) is 0 Å². The van der Waals surface area contributed by atoms with Gasteiger partial charge in [0.1, 0.15) is 5.75 Å². The minimum absolute atomic E-state index is 0.179. The molecule has 1 N–H and O–H groups in total. The minimum atomic E-state index is -0.179. The normalized spacial score (nSPS) is 11.2. The molecule has 3 rings (SSSR count). The highest BCUT2D eigenvalue weighted by molar-refractivity contribution is 7.99. The molecule has 1 heterocycles. The SMILES string of the molecule is CCCOc1cccc(/C=N\NC(=O)CSc2nc3ccccc3n2C)c1. The predicted molar refractivity (Wildman–Crippen MR) is 109 cm³/mol. The summed E-state index contributed by atoms with van der Waals surface area (Å²) >= 11 is 1.38. The van der Waals surface area contributed by atoms with Gasteiger partial charge in [0.15, 0.2) is 5.16 Å². The van der Waals surface area contributed by atoms with E-state index in [1.807, 2.05) is 60.1 Å². The summed E-state index contributed by atoms with van der Waals surface area (Å²) in [5, 5.41) is 4.82. The van der Waals surface area contributed by atoms with Gasteiger partial charge in [-0.15, -0.1) is 0 Å². The second-order valence-corrected chi connectivity index (χ2v) is 6.89. The van der Waals surface area contributed by atoms with Crippen LogP contribution in [0.4, 0.5) is 0 Å². The average Bonchev–Trinajstić information content (AvgIpc) is 3.01. The number of thioether (sulfide) groups is 1. The highest BCUT2D eigenvalue weighted by atomic mass is 32.2. The van der Waals surface area contributed by atoms with E-state index in [4.69, 9.17) is 4.74 Å². The van der Waals surface area contributed by atoms with E-state index in [0.29, 0.717) is 6.61 Å². The molecule has 0 spiro atoms. The Kier molecular flexibility index (Phi) is 6.49. The van der Waals surface area contributed by atoms with Crippen molar-refractivity contribution in [3.63, 3.8) is 0 Å². The molecule has 0 atom stereocenters. The summed E-state index contributed by atoms with van der Waals surface area (Å²) in [5.74, 6) is 0.861. The van der Waals surface area contributed by atoms with Crippen LogP contribution in [-0.4, -0.2) is 34.0 Å². The number of para-hydroxylation sites is 2. The molecule has 0 aliphatic heterocycles. The predicted octanol–water partition coefficient (Wildman–Crippen LogP) is 3.60. The Morgan fingerprint density at radius 3 is 2.96 bits per heavy atom. The molecule has 6 nitrogen and oxygen atoms in total. The van der Waals surface area contributed by atoms with Crippen LogP contribution in [-0.2, 0) is 11.8 Å². The maximum Gasteiger partial charge on any atom is 0.250 e. The van der Waals surface area contributed by atoms with E-state index in [-0.39, 0.29) is 11.7 Å². The fourth-order valence-corrected chi connectivity index (χ4v) is 3.28. The van der Waals surface area contributed by atoms with Gasteiger partial charge in [-0.3, -0.25) is 4.79 Å². The first-order valence-electron chi connectivity index (χ1n) is 8.76. The van der Waals surface area contributed by atoms with E-state index in [0.717, 1.165) is 33.9 Å². The Hall–Kier alpha value is -2.80. The number of imidazole rings is 1. The number of rotatable bonds is 8. The molecule has 0 bridgehead atoms. The van der Waals surface area contributed by atoms with Gasteiger partial charge < -0.3 is 9.30 Å². The fourth-order valence-electron chi connectivity index (χ4n) is 2.50. The molecule has 7 heteroatoms. The summed E-state index contributed by atoms with van der Waals surface area (Å²) in [4.78, 5) is 16.6. The number of hydrogen-bond acceptors (Lipinski definition) is 5. The Morgan fingerprint density at radius 2 is 2.15 bits per heavy atom. The average molecular weight is 382 g/mol. The third kappa shape index (κ3) is 5.10. The number of nitrogens with zero attached hydrogens (tertiary/aromatic N) is 3. The zero-order chi connectivity index (χ0) is 19.1. The Bertz CT molecular complexity index is 952. The summed E-state index contributed by atoms with van der Waals surface area (Å²) < 4.78 is 7.57. The summed E-state index contributed by atoms with van der Waals surface area (Å²) in [5.41, 5.74) is 5.38. The fraction of sp³-hybridized carbons (Fsp3) is 0.250. The molecule has 0 aliphatic carbocycles. The maximum atomic E-state index is 12.0. The van der Waals surface area contributed by atoms with E-state index in [1.165, 1.54) is 11.8 Å². The molecular formula is C20H22N4O2S. The highest BCUT2D eigenvalue weighted by Crippen LogP contribution is 2.22. The van der Waals surface area contributed by atoms with Crippen LogP contribution in [0, 0.1) is 0 Å². The van der Waals surface area contributed by atoms with Crippen LogP contribution < -0.4 is 10.2 Å². The maximum absolute atomic E-state index is 12.0. The van der Waals surface area contributed by atoms with Gasteiger partial charge in [-0.25, -0.2) is 10.4 Å². The largest absolute Gasteiger partial charge is 0.494 e. The van der Waals surface area contributed by atoms with Crippen molar-refractivity contribution in [3.8, 4) is 5.75 Å². The topological polar surface area (TPSA) is 68.5 Å². The van der Waals surface area contributed by atoms with Crippen LogP contribution in [0.15, 0.2) is 58.8 Å². The molecule has 140 valence electrons. The smallest absolute Gasteiger partial charge is 0.250 e. The number of ether oxygens (including phenoxy) is 1. The van der Waals surface area contributed by atoms with Crippen molar-refractivity contribution >= 4 is 34.9 Å². The van der Waals surface area contributed by atoms with Crippen molar-refractivity contribution in [3.05, 3.63) is 54.1 Å². The zero-order valence-corrected chi connectivity index (χ0v) is 16.2. The number of carbonyl (C=O) groups is 1. The van der Waals surface area contributed by atoms with Crippen LogP contribution >= 0.6 is 11.8 Å². The van der Waals surface area contributed by atoms with Crippen molar-refractivity contribution in [2.24, 2.45) is 12.1 Å². The van der Waals surface area contributed by atoms with Crippen LogP contribution in [0.1, 0.15) is 18.9 Å². The number of hydrazone groups is 1. The molecule has 0 saturated heterocycles. The molecule has 1 aromatic heterocycles. The first-order valence-corrected chi connectivity index (χ1v) is 9.75. The molecule has 27 heavy (non-hydrogen) atoms. The monoisotopic (exact) mass is 382 g/mol. The lowest BCUT2D eigenvalue weighted by molar-refractivity contribution is -0.118. The number of hydrogen-bond donors (Lipinski definition) is 1. The summed E-state index contributed by atoms with van der Waals surface area (Å²) in [6.07, 6.45) is 2.56. The third-order valence-corrected chi connectivity index (χ3v) is 4.84. The number of aromatic nitrogens is 2. The molecule has 0 fully saturated rings. The van der Waals surface area contributed by atoms with Crippen LogP contribution in [0.25, 0.3) is 11.0 Å². The number of nitrogens with one attached hydrogen (secondary N) is 1. The summed E-state index contributed by atoms with van der Waals surface area (Å²) in [6.45, 7) is 2.74. The molecular weight excluding hydrogens is 360 g/mol. The third-order valence-electron chi connectivity index (χ3n) is 3.81. The van der Waals surface area contributed by atoms with Crippen LogP contribution in [0.2, 0.25) is 0 Å². The molecule has 2 aromatic carbocycles. The second-order valence-electron chi connectivity index (χ2n) is 5.94. The van der Waals surface area contributed by atoms with E-state index < -0.39 is 0 Å². The molecule has 0 unspecified atom stereocenters. The van der Waals surface area contributed by atoms with Crippen molar-refractivity contribution < 1.29 is 9.53 Å². The van der Waals surface area contributed by atoms with Gasteiger partial charge in [0.25, 0.3) is 5.91 Å². The Labute approximate surface area is 162 Å². The molecule has 0 radical (unpaired) electrons. The Balaban J connectivity index is 1.52. The lowest BCUT2D eigenvalue weighted by atomic mass is 10.2. The van der Waals surface area contributed by atoms with E-state index in [9.17, 15) is 4.79 Å². The number of carbonyl (C=O) groups excluding carboxylic acids is 1. The van der Waals surface area contributed by atoms with Crippen molar-refractivity contribution in [1.29, 1.82) is 0 Å². The minimum Gasteiger partial charge on any atom is -0.494 e.